The number of nitrogens with one attached hydrogen (secondary N) is 1. The number of anilines is 1. The topological polar surface area (TPSA) is 67.3 Å². The average Bonchev–Trinajstić information content (AvgIpc) is 2.78. The van der Waals surface area contributed by atoms with Crippen molar-refractivity contribution in [3.05, 3.63) is 90.0 Å². The molecular weight excluding hydrogens is 438 g/mol. The van der Waals surface area contributed by atoms with Crippen LogP contribution in [0.4, 0.5) is 23.4 Å². The van der Waals surface area contributed by atoms with E-state index in [4.69, 9.17) is 4.74 Å². The third-order valence-corrected chi connectivity index (χ3v) is 5.07. The Morgan fingerprint density at radius 2 is 1.61 bits per heavy atom. The predicted molar refractivity (Wildman–Crippen MR) is 116 cm³/mol. The van der Waals surface area contributed by atoms with Gasteiger partial charge in [-0.05, 0) is 47.7 Å². The maximum atomic E-state index is 13.6. The molecule has 2 atom stereocenters. The summed E-state index contributed by atoms with van der Waals surface area (Å²) in [5.41, 5.74) is 0.445. The second-order valence-corrected chi connectivity index (χ2v) is 7.41. The summed E-state index contributed by atoms with van der Waals surface area (Å²) < 4.78 is 57.6. The Labute approximate surface area is 186 Å². The first-order valence-electron chi connectivity index (χ1n) is 10.0. The summed E-state index contributed by atoms with van der Waals surface area (Å²) in [7, 11) is 0. The molecule has 170 valence electrons. The van der Waals surface area contributed by atoms with Gasteiger partial charge < -0.3 is 15.2 Å². The maximum Gasteiger partial charge on any atom is 0.418 e. The SMILES string of the molecule is C[C@H](Nc1nccc2ccnc(Oc3cccc(F)c3)c12)c1ccc(C(O)C(F)(F)F)cc1. The van der Waals surface area contributed by atoms with Gasteiger partial charge in [0.15, 0.2) is 6.10 Å². The molecule has 0 aliphatic heterocycles. The number of aliphatic hydroxyl groups is 1. The first-order chi connectivity index (χ1) is 15.7. The number of rotatable bonds is 6. The summed E-state index contributed by atoms with van der Waals surface area (Å²) in [4.78, 5) is 8.64. The normalized spacial score (nSPS) is 13.5. The van der Waals surface area contributed by atoms with Gasteiger partial charge in [-0.1, -0.05) is 30.3 Å². The van der Waals surface area contributed by atoms with Gasteiger partial charge in [0, 0.05) is 24.5 Å². The van der Waals surface area contributed by atoms with Crippen LogP contribution in [0.15, 0.2) is 73.1 Å². The number of aromatic nitrogens is 2. The number of fused-ring (bicyclic) bond motifs is 1. The second-order valence-electron chi connectivity index (χ2n) is 7.41. The monoisotopic (exact) mass is 457 g/mol. The third-order valence-electron chi connectivity index (χ3n) is 5.07. The quantitative estimate of drug-likeness (QED) is 0.331. The van der Waals surface area contributed by atoms with E-state index in [1.165, 1.54) is 42.5 Å². The van der Waals surface area contributed by atoms with E-state index in [2.05, 4.69) is 15.3 Å². The molecule has 2 N–H and O–H groups in total. The van der Waals surface area contributed by atoms with E-state index in [0.717, 1.165) is 5.39 Å². The van der Waals surface area contributed by atoms with Gasteiger partial charge in [-0.3, -0.25) is 0 Å². The van der Waals surface area contributed by atoms with Gasteiger partial charge in [-0.15, -0.1) is 0 Å². The number of ether oxygens (including phenoxy) is 1. The highest BCUT2D eigenvalue weighted by atomic mass is 19.4. The summed E-state index contributed by atoms with van der Waals surface area (Å²) in [5, 5.41) is 14.0. The summed E-state index contributed by atoms with van der Waals surface area (Å²) in [6, 6.07) is 14.4. The Hall–Kier alpha value is -3.72. The summed E-state index contributed by atoms with van der Waals surface area (Å²) in [6.07, 6.45) is -4.10. The molecule has 2 aromatic carbocycles. The molecule has 33 heavy (non-hydrogen) atoms. The Bertz CT molecular complexity index is 1260. The molecule has 0 amide bonds. The fourth-order valence-corrected chi connectivity index (χ4v) is 3.36. The zero-order valence-electron chi connectivity index (χ0n) is 17.3. The van der Waals surface area contributed by atoms with E-state index in [9.17, 15) is 22.7 Å². The predicted octanol–water partition coefficient (Wildman–Crippen LogP) is 6.33. The molecule has 4 rings (SSSR count). The molecule has 0 aliphatic rings. The zero-order chi connectivity index (χ0) is 23.6. The van der Waals surface area contributed by atoms with Crippen molar-refractivity contribution in [1.29, 1.82) is 0 Å². The van der Waals surface area contributed by atoms with Crippen LogP contribution in [0.2, 0.25) is 0 Å². The molecule has 0 spiro atoms. The van der Waals surface area contributed by atoms with Crippen molar-refractivity contribution in [2.75, 3.05) is 5.32 Å². The zero-order valence-corrected chi connectivity index (χ0v) is 17.3. The van der Waals surface area contributed by atoms with Crippen molar-refractivity contribution >= 4 is 16.6 Å². The van der Waals surface area contributed by atoms with Crippen molar-refractivity contribution in [1.82, 2.24) is 9.97 Å². The summed E-state index contributed by atoms with van der Waals surface area (Å²) in [5.74, 6) is 0.497. The van der Waals surface area contributed by atoms with Crippen LogP contribution in [0.3, 0.4) is 0 Å². The third kappa shape index (κ3) is 5.04. The molecule has 0 saturated carbocycles. The molecule has 0 aliphatic carbocycles. The summed E-state index contributed by atoms with van der Waals surface area (Å²) in [6.45, 7) is 1.82. The fourth-order valence-electron chi connectivity index (χ4n) is 3.36. The molecule has 9 heteroatoms. The average molecular weight is 457 g/mol. The van der Waals surface area contributed by atoms with Gasteiger partial charge in [0.1, 0.15) is 17.4 Å². The van der Waals surface area contributed by atoms with E-state index >= 15 is 0 Å². The van der Waals surface area contributed by atoms with Gasteiger partial charge in [-0.2, -0.15) is 13.2 Å². The van der Waals surface area contributed by atoms with Crippen molar-refractivity contribution in [2.24, 2.45) is 0 Å². The molecule has 0 saturated heterocycles. The van der Waals surface area contributed by atoms with Crippen molar-refractivity contribution < 1.29 is 27.4 Å². The molecule has 2 heterocycles. The van der Waals surface area contributed by atoms with E-state index in [0.29, 0.717) is 16.8 Å². The van der Waals surface area contributed by atoms with Crippen molar-refractivity contribution in [3.8, 4) is 11.6 Å². The van der Waals surface area contributed by atoms with Gasteiger partial charge in [0.25, 0.3) is 0 Å². The molecule has 0 bridgehead atoms. The molecule has 2 aromatic heterocycles. The van der Waals surface area contributed by atoms with E-state index in [1.807, 2.05) is 6.92 Å². The van der Waals surface area contributed by atoms with Crippen LogP contribution in [0.5, 0.6) is 11.6 Å². The number of alkyl halides is 3. The van der Waals surface area contributed by atoms with Gasteiger partial charge in [0.2, 0.25) is 5.88 Å². The Kier molecular flexibility index (Phi) is 6.15. The van der Waals surface area contributed by atoms with Crippen LogP contribution in [0.1, 0.15) is 30.2 Å². The fraction of sp³-hybridized carbons (Fsp3) is 0.167. The maximum absolute atomic E-state index is 13.6. The van der Waals surface area contributed by atoms with Crippen LogP contribution in [-0.2, 0) is 0 Å². The smallest absolute Gasteiger partial charge is 0.418 e. The van der Waals surface area contributed by atoms with Crippen LogP contribution in [0.25, 0.3) is 10.8 Å². The van der Waals surface area contributed by atoms with Crippen molar-refractivity contribution in [2.45, 2.75) is 25.2 Å². The summed E-state index contributed by atoms with van der Waals surface area (Å²) >= 11 is 0. The van der Waals surface area contributed by atoms with Crippen LogP contribution >= 0.6 is 0 Å². The van der Waals surface area contributed by atoms with E-state index in [-0.39, 0.29) is 23.2 Å². The lowest BCUT2D eigenvalue weighted by atomic mass is 10.0. The highest BCUT2D eigenvalue weighted by Crippen LogP contribution is 2.35. The Morgan fingerprint density at radius 3 is 2.27 bits per heavy atom. The molecular formula is C24H19F4N3O2. The van der Waals surface area contributed by atoms with Gasteiger partial charge in [-0.25, -0.2) is 14.4 Å². The molecule has 1 unspecified atom stereocenters. The second kappa shape index (κ2) is 9.03. The van der Waals surface area contributed by atoms with Crippen LogP contribution in [0, 0.1) is 5.82 Å². The largest absolute Gasteiger partial charge is 0.438 e. The van der Waals surface area contributed by atoms with Crippen LogP contribution < -0.4 is 10.1 Å². The number of hydrogen-bond donors (Lipinski definition) is 2. The lowest BCUT2D eigenvalue weighted by molar-refractivity contribution is -0.206. The minimum absolute atomic E-state index is 0.226. The number of hydrogen-bond acceptors (Lipinski definition) is 5. The van der Waals surface area contributed by atoms with Gasteiger partial charge in [0.05, 0.1) is 5.39 Å². The first-order valence-corrected chi connectivity index (χ1v) is 10.0. The van der Waals surface area contributed by atoms with Gasteiger partial charge >= 0.3 is 6.18 Å². The number of halogens is 4. The standard InChI is InChI=1S/C24H19F4N3O2/c1-14(15-5-7-17(8-6-15)21(32)24(26,27)28)31-22-20-16(9-11-29-22)10-12-30-23(20)33-19-4-2-3-18(25)13-19/h2-14,21,32H,1H3,(H,29,31)/t14-,21?/m0/s1. The Morgan fingerprint density at radius 1 is 0.939 bits per heavy atom. The van der Waals surface area contributed by atoms with E-state index < -0.39 is 18.1 Å². The molecule has 4 aromatic rings. The van der Waals surface area contributed by atoms with Crippen LogP contribution in [-0.4, -0.2) is 21.3 Å². The molecule has 0 fully saturated rings. The lowest BCUT2D eigenvalue weighted by Crippen LogP contribution is -2.20. The van der Waals surface area contributed by atoms with E-state index in [1.54, 1.807) is 30.6 Å². The number of pyridine rings is 2. The minimum atomic E-state index is -4.73. The lowest BCUT2D eigenvalue weighted by Gasteiger charge is -2.19. The molecule has 0 radical (unpaired) electrons. The number of nitrogens with zero attached hydrogens (tertiary/aromatic N) is 2. The highest BCUT2D eigenvalue weighted by molar-refractivity contribution is 5.95. The van der Waals surface area contributed by atoms with Crippen molar-refractivity contribution in [3.63, 3.8) is 0 Å². The number of aliphatic hydroxyl groups excluding tert-OH is 1. The minimum Gasteiger partial charge on any atom is -0.438 e. The first kappa shape index (κ1) is 22.5. The Balaban J connectivity index is 1.62. The number of benzene rings is 2. The highest BCUT2D eigenvalue weighted by Gasteiger charge is 2.39. The molecule has 5 nitrogen and oxygen atoms in total.